The summed E-state index contributed by atoms with van der Waals surface area (Å²) in [4.78, 5) is 20.8. The largest absolute Gasteiger partial charge is 0.488 e. The highest BCUT2D eigenvalue weighted by molar-refractivity contribution is 9.10. The van der Waals surface area contributed by atoms with E-state index in [9.17, 15) is 25.5 Å². The van der Waals surface area contributed by atoms with Gasteiger partial charge in [0, 0.05) is 34.3 Å². The van der Waals surface area contributed by atoms with Crippen LogP contribution in [0.5, 0.6) is 5.75 Å². The van der Waals surface area contributed by atoms with E-state index in [2.05, 4.69) is 22.0 Å². The number of hydrogen-bond acceptors (Lipinski definition) is 6. The molecule has 0 fully saturated rings. The minimum absolute atomic E-state index is 0.00775. The molecule has 0 saturated carbocycles. The molecule has 3 aromatic carbocycles. The second kappa shape index (κ2) is 9.65. The van der Waals surface area contributed by atoms with Gasteiger partial charge in [-0.3, -0.25) is 20.2 Å². The van der Waals surface area contributed by atoms with Crippen LogP contribution in [0, 0.1) is 31.6 Å². The number of halogens is 1. The summed E-state index contributed by atoms with van der Waals surface area (Å²) in [7, 11) is 0. The average molecular weight is 480 g/mol. The summed E-state index contributed by atoms with van der Waals surface area (Å²) in [6.45, 7) is 0.166. The molecule has 0 heterocycles. The number of benzene rings is 3. The van der Waals surface area contributed by atoms with Crippen LogP contribution in [0.3, 0.4) is 0 Å². The summed E-state index contributed by atoms with van der Waals surface area (Å²) in [5.74, 6) is 0.486. The Bertz CT molecular complexity index is 1220. The normalized spacial score (nSPS) is 10.9. The van der Waals surface area contributed by atoms with Crippen LogP contribution in [0.1, 0.15) is 16.7 Å². The van der Waals surface area contributed by atoms with Gasteiger partial charge in [0.05, 0.1) is 21.5 Å². The first-order chi connectivity index (χ1) is 14.9. The van der Waals surface area contributed by atoms with E-state index in [4.69, 9.17) is 4.74 Å². The van der Waals surface area contributed by atoms with E-state index in [1.807, 2.05) is 0 Å². The third-order valence-electron chi connectivity index (χ3n) is 4.30. The number of allylic oxidation sites excluding steroid dienone is 1. The zero-order valence-electron chi connectivity index (χ0n) is 15.9. The topological polar surface area (TPSA) is 119 Å². The first-order valence-corrected chi connectivity index (χ1v) is 9.69. The Hall–Kier alpha value is -4.03. The van der Waals surface area contributed by atoms with Crippen molar-refractivity contribution in [3.05, 3.63) is 108 Å². The molecule has 0 atom stereocenters. The van der Waals surface area contributed by atoms with Gasteiger partial charge in [0.15, 0.2) is 0 Å². The maximum absolute atomic E-state index is 11.0. The first-order valence-electron chi connectivity index (χ1n) is 8.89. The Morgan fingerprint density at radius 1 is 1.00 bits per heavy atom. The van der Waals surface area contributed by atoms with Crippen molar-refractivity contribution in [3.8, 4) is 11.8 Å². The van der Waals surface area contributed by atoms with Crippen LogP contribution < -0.4 is 4.74 Å². The molecule has 0 spiro atoms. The lowest BCUT2D eigenvalue weighted by atomic mass is 10.0. The smallest absolute Gasteiger partial charge is 0.270 e. The molecule has 0 amide bonds. The summed E-state index contributed by atoms with van der Waals surface area (Å²) in [6.07, 6.45) is 1.59. The molecular weight excluding hydrogens is 466 g/mol. The van der Waals surface area contributed by atoms with E-state index in [1.54, 1.807) is 42.5 Å². The van der Waals surface area contributed by atoms with E-state index in [0.29, 0.717) is 16.9 Å². The van der Waals surface area contributed by atoms with E-state index >= 15 is 0 Å². The van der Waals surface area contributed by atoms with Gasteiger partial charge in [-0.15, -0.1) is 0 Å². The van der Waals surface area contributed by atoms with Crippen molar-refractivity contribution in [2.24, 2.45) is 0 Å². The summed E-state index contributed by atoms with van der Waals surface area (Å²) >= 11 is 3.39. The minimum atomic E-state index is -0.518. The molecule has 0 N–H and O–H groups in total. The second-order valence-corrected chi connectivity index (χ2v) is 7.29. The van der Waals surface area contributed by atoms with Crippen molar-refractivity contribution in [1.82, 2.24) is 0 Å². The van der Waals surface area contributed by atoms with Gasteiger partial charge in [-0.25, -0.2) is 0 Å². The fourth-order valence-electron chi connectivity index (χ4n) is 2.76. The van der Waals surface area contributed by atoms with Crippen LogP contribution in [0.4, 0.5) is 11.4 Å². The predicted molar refractivity (Wildman–Crippen MR) is 118 cm³/mol. The molecule has 9 heteroatoms. The maximum atomic E-state index is 11.0. The highest BCUT2D eigenvalue weighted by atomic mass is 79.9. The van der Waals surface area contributed by atoms with Crippen molar-refractivity contribution in [3.63, 3.8) is 0 Å². The lowest BCUT2D eigenvalue weighted by Gasteiger charge is -2.11. The number of hydrogen-bond donors (Lipinski definition) is 0. The summed E-state index contributed by atoms with van der Waals surface area (Å²) < 4.78 is 6.63. The summed E-state index contributed by atoms with van der Waals surface area (Å²) in [6, 6.07) is 19.2. The number of nitro benzene ring substituents is 2. The van der Waals surface area contributed by atoms with Crippen molar-refractivity contribution in [2.45, 2.75) is 6.61 Å². The Morgan fingerprint density at radius 3 is 2.35 bits per heavy atom. The Kier molecular flexibility index (Phi) is 6.74. The van der Waals surface area contributed by atoms with Crippen molar-refractivity contribution < 1.29 is 14.6 Å². The van der Waals surface area contributed by atoms with E-state index in [1.165, 1.54) is 30.3 Å². The number of rotatable bonds is 7. The van der Waals surface area contributed by atoms with Crippen molar-refractivity contribution in [1.29, 1.82) is 5.26 Å². The highest BCUT2D eigenvalue weighted by Crippen LogP contribution is 2.29. The molecular formula is C22H14BrN3O5. The third kappa shape index (κ3) is 5.52. The van der Waals surface area contributed by atoms with E-state index < -0.39 is 9.85 Å². The SMILES string of the molecule is N#CC(=Cc1cc(Br)ccc1OCc1ccc([N+](=O)[O-])cc1)c1cccc([N+](=O)[O-])c1. The molecule has 0 aliphatic rings. The lowest BCUT2D eigenvalue weighted by molar-refractivity contribution is -0.385. The van der Waals surface area contributed by atoms with Crippen LogP contribution in [-0.2, 0) is 6.61 Å². The predicted octanol–water partition coefficient (Wildman–Crippen LogP) is 5.91. The fraction of sp³-hybridized carbons (Fsp3) is 0.0455. The van der Waals surface area contributed by atoms with Gasteiger partial charge in [0.1, 0.15) is 12.4 Å². The molecule has 0 unspecified atom stereocenters. The van der Waals surface area contributed by atoms with Gasteiger partial charge in [-0.2, -0.15) is 5.26 Å². The van der Waals surface area contributed by atoms with Gasteiger partial charge in [-0.05, 0) is 47.5 Å². The second-order valence-electron chi connectivity index (χ2n) is 6.37. The van der Waals surface area contributed by atoms with E-state index in [0.717, 1.165) is 10.0 Å². The van der Waals surface area contributed by atoms with Crippen LogP contribution in [-0.4, -0.2) is 9.85 Å². The molecule has 3 aromatic rings. The summed E-state index contributed by atoms with van der Waals surface area (Å²) in [5.41, 5.74) is 1.87. The third-order valence-corrected chi connectivity index (χ3v) is 4.79. The molecule has 0 saturated heterocycles. The monoisotopic (exact) mass is 479 g/mol. The Labute approximate surface area is 185 Å². The lowest BCUT2D eigenvalue weighted by Crippen LogP contribution is -1.98. The van der Waals surface area contributed by atoms with Crippen LogP contribution in [0.15, 0.2) is 71.2 Å². The standard InChI is InChI=1S/C22H14BrN3O5/c23-19-6-9-22(31-14-15-4-7-20(8-5-15)25(27)28)17(11-19)10-18(13-24)16-2-1-3-21(12-16)26(29)30/h1-12H,14H2. The molecule has 0 aliphatic heterocycles. The number of nitriles is 1. The molecule has 0 bridgehead atoms. The molecule has 31 heavy (non-hydrogen) atoms. The van der Waals surface area contributed by atoms with Gasteiger partial charge in [0.25, 0.3) is 11.4 Å². The van der Waals surface area contributed by atoms with Gasteiger partial charge in [-0.1, -0.05) is 28.1 Å². The molecule has 3 rings (SSSR count). The van der Waals surface area contributed by atoms with Crippen molar-refractivity contribution in [2.75, 3.05) is 0 Å². The number of ether oxygens (including phenoxy) is 1. The zero-order chi connectivity index (χ0) is 22.4. The number of nitro groups is 2. The van der Waals surface area contributed by atoms with Crippen LogP contribution >= 0.6 is 15.9 Å². The average Bonchev–Trinajstić information content (AvgIpc) is 2.77. The molecule has 0 radical (unpaired) electrons. The number of nitrogens with zero attached hydrogens (tertiary/aromatic N) is 3. The zero-order valence-corrected chi connectivity index (χ0v) is 17.5. The molecule has 0 aliphatic carbocycles. The first kappa shape index (κ1) is 21.7. The quantitative estimate of drug-likeness (QED) is 0.180. The van der Waals surface area contributed by atoms with Crippen molar-refractivity contribution >= 4 is 39.0 Å². The van der Waals surface area contributed by atoms with Crippen LogP contribution in [0.2, 0.25) is 0 Å². The fourth-order valence-corrected chi connectivity index (χ4v) is 3.14. The molecule has 154 valence electrons. The van der Waals surface area contributed by atoms with Gasteiger partial charge < -0.3 is 4.74 Å². The number of non-ortho nitro benzene ring substituents is 2. The molecule has 0 aromatic heterocycles. The maximum Gasteiger partial charge on any atom is 0.270 e. The summed E-state index contributed by atoms with van der Waals surface area (Å²) in [5, 5.41) is 31.4. The van der Waals surface area contributed by atoms with E-state index in [-0.39, 0.29) is 23.6 Å². The van der Waals surface area contributed by atoms with Crippen LogP contribution in [0.25, 0.3) is 11.6 Å². The Morgan fingerprint density at radius 2 is 1.71 bits per heavy atom. The minimum Gasteiger partial charge on any atom is -0.488 e. The highest BCUT2D eigenvalue weighted by Gasteiger charge is 2.11. The van der Waals surface area contributed by atoms with Gasteiger partial charge >= 0.3 is 0 Å². The van der Waals surface area contributed by atoms with Gasteiger partial charge in [0.2, 0.25) is 0 Å². The molecule has 8 nitrogen and oxygen atoms in total. The Balaban J connectivity index is 1.89.